The van der Waals surface area contributed by atoms with Gasteiger partial charge in [-0.2, -0.15) is 0 Å². The van der Waals surface area contributed by atoms with E-state index in [1.54, 1.807) is 0 Å². The van der Waals surface area contributed by atoms with Gasteiger partial charge in [0.15, 0.2) is 0 Å². The van der Waals surface area contributed by atoms with Gasteiger partial charge < -0.3 is 10.0 Å². The Labute approximate surface area is 104 Å². The molecule has 0 aromatic carbocycles. The lowest BCUT2D eigenvalue weighted by Crippen LogP contribution is -2.45. The number of halogens is 2. The molecule has 1 aliphatic carbocycles. The van der Waals surface area contributed by atoms with Crippen LogP contribution in [0.3, 0.4) is 0 Å². The summed E-state index contributed by atoms with van der Waals surface area (Å²) in [6.07, 6.45) is 0.919. The molecular weight excluding hydrogens is 244 g/mol. The molecule has 2 aliphatic rings. The van der Waals surface area contributed by atoms with Gasteiger partial charge in [-0.05, 0) is 25.7 Å². The van der Waals surface area contributed by atoms with Gasteiger partial charge in [0.05, 0.1) is 0 Å². The van der Waals surface area contributed by atoms with Crippen LogP contribution in [0, 0.1) is 5.92 Å². The van der Waals surface area contributed by atoms with Crippen molar-refractivity contribution in [1.82, 2.24) is 4.90 Å². The van der Waals surface area contributed by atoms with E-state index < -0.39 is 23.9 Å². The maximum Gasteiger partial charge on any atom is 0.326 e. The number of hydrogen-bond donors (Lipinski definition) is 1. The normalized spacial score (nSPS) is 28.3. The molecule has 1 atom stereocenters. The first-order chi connectivity index (χ1) is 8.41. The van der Waals surface area contributed by atoms with Gasteiger partial charge in [0, 0.05) is 25.3 Å². The summed E-state index contributed by atoms with van der Waals surface area (Å²) in [5, 5.41) is 9.00. The molecule has 1 amide bonds. The van der Waals surface area contributed by atoms with Crippen molar-refractivity contribution < 1.29 is 23.5 Å². The number of hydrogen-bond acceptors (Lipinski definition) is 2. The first kappa shape index (κ1) is 13.2. The summed E-state index contributed by atoms with van der Waals surface area (Å²) in [6.45, 7) is 0.433. The van der Waals surface area contributed by atoms with E-state index in [4.69, 9.17) is 5.11 Å². The zero-order valence-electron chi connectivity index (χ0n) is 10.1. The Morgan fingerprint density at radius 2 is 1.78 bits per heavy atom. The molecule has 6 heteroatoms. The van der Waals surface area contributed by atoms with Crippen molar-refractivity contribution in [3.8, 4) is 0 Å². The molecule has 1 heterocycles. The molecule has 1 saturated carbocycles. The van der Waals surface area contributed by atoms with E-state index in [0.717, 1.165) is 0 Å². The van der Waals surface area contributed by atoms with Crippen molar-refractivity contribution in [2.24, 2.45) is 5.92 Å². The Hall–Kier alpha value is -1.20. The number of aliphatic carboxylic acids is 1. The van der Waals surface area contributed by atoms with Crippen LogP contribution >= 0.6 is 0 Å². The van der Waals surface area contributed by atoms with Gasteiger partial charge in [0.1, 0.15) is 6.04 Å². The maximum atomic E-state index is 13.0. The van der Waals surface area contributed by atoms with Crippen LogP contribution < -0.4 is 0 Å². The minimum atomic E-state index is -2.66. The number of rotatable bonds is 2. The van der Waals surface area contributed by atoms with Gasteiger partial charge in [-0.1, -0.05) is 0 Å². The molecule has 0 bridgehead atoms. The SMILES string of the molecule is O=C(O)[C@@H]1CCCN1C(=O)C1CCC(F)(F)CC1. The average molecular weight is 261 g/mol. The van der Waals surface area contributed by atoms with Crippen molar-refractivity contribution >= 4 is 11.9 Å². The quantitative estimate of drug-likeness (QED) is 0.825. The summed E-state index contributed by atoms with van der Waals surface area (Å²) in [5.74, 6) is -4.34. The van der Waals surface area contributed by atoms with Gasteiger partial charge in [0.2, 0.25) is 11.8 Å². The Balaban J connectivity index is 1.97. The number of carboxylic acid groups (broad SMARTS) is 1. The number of carbonyl (C=O) groups excluding carboxylic acids is 1. The summed E-state index contributed by atoms with van der Waals surface area (Å²) in [5.41, 5.74) is 0. The third-order valence-electron chi connectivity index (χ3n) is 3.89. The molecule has 0 unspecified atom stereocenters. The van der Waals surface area contributed by atoms with E-state index in [9.17, 15) is 18.4 Å². The lowest BCUT2D eigenvalue weighted by molar-refractivity contribution is -0.151. The van der Waals surface area contributed by atoms with Crippen molar-refractivity contribution in [3.63, 3.8) is 0 Å². The number of likely N-dealkylation sites (tertiary alicyclic amines) is 1. The lowest BCUT2D eigenvalue weighted by Gasteiger charge is -2.31. The van der Waals surface area contributed by atoms with Crippen LogP contribution in [0.4, 0.5) is 8.78 Å². The Kier molecular flexibility index (Phi) is 3.54. The number of amides is 1. The smallest absolute Gasteiger partial charge is 0.326 e. The third kappa shape index (κ3) is 2.62. The second-order valence-electron chi connectivity index (χ2n) is 5.16. The summed E-state index contributed by atoms with van der Waals surface area (Å²) in [4.78, 5) is 24.5. The summed E-state index contributed by atoms with van der Waals surface area (Å²) < 4.78 is 26.0. The van der Waals surface area contributed by atoms with Crippen LogP contribution in [0.25, 0.3) is 0 Å². The molecule has 2 fully saturated rings. The lowest BCUT2D eigenvalue weighted by atomic mass is 9.86. The molecule has 0 aromatic heterocycles. The van der Waals surface area contributed by atoms with Crippen LogP contribution in [0.5, 0.6) is 0 Å². The topological polar surface area (TPSA) is 57.6 Å². The highest BCUT2D eigenvalue weighted by Gasteiger charge is 2.42. The highest BCUT2D eigenvalue weighted by atomic mass is 19.3. The van der Waals surface area contributed by atoms with E-state index in [1.165, 1.54) is 4.90 Å². The molecule has 0 radical (unpaired) electrons. The second-order valence-corrected chi connectivity index (χ2v) is 5.16. The van der Waals surface area contributed by atoms with Crippen molar-refractivity contribution in [2.75, 3.05) is 6.54 Å². The van der Waals surface area contributed by atoms with Crippen LogP contribution in [0.1, 0.15) is 38.5 Å². The number of carboxylic acids is 1. The molecule has 102 valence electrons. The monoisotopic (exact) mass is 261 g/mol. The zero-order valence-corrected chi connectivity index (χ0v) is 10.1. The Bertz CT molecular complexity index is 349. The molecular formula is C12H17F2NO3. The average Bonchev–Trinajstić information content (AvgIpc) is 2.77. The van der Waals surface area contributed by atoms with Crippen LogP contribution in [-0.4, -0.2) is 40.4 Å². The molecule has 2 rings (SSSR count). The molecule has 18 heavy (non-hydrogen) atoms. The van der Waals surface area contributed by atoms with E-state index in [0.29, 0.717) is 19.4 Å². The minimum Gasteiger partial charge on any atom is -0.480 e. The van der Waals surface area contributed by atoms with Crippen molar-refractivity contribution in [2.45, 2.75) is 50.5 Å². The van der Waals surface area contributed by atoms with Crippen LogP contribution in [0.2, 0.25) is 0 Å². The highest BCUT2D eigenvalue weighted by molar-refractivity contribution is 5.85. The maximum absolute atomic E-state index is 13.0. The van der Waals surface area contributed by atoms with Crippen molar-refractivity contribution in [3.05, 3.63) is 0 Å². The second kappa shape index (κ2) is 4.82. The predicted octanol–water partition coefficient (Wildman–Crippen LogP) is 1.89. The van der Waals surface area contributed by atoms with E-state index >= 15 is 0 Å². The molecule has 0 spiro atoms. The fourth-order valence-corrected chi connectivity index (χ4v) is 2.81. The Morgan fingerprint density at radius 3 is 2.33 bits per heavy atom. The molecule has 4 nitrogen and oxygen atoms in total. The van der Waals surface area contributed by atoms with Gasteiger partial charge in [-0.25, -0.2) is 13.6 Å². The predicted molar refractivity (Wildman–Crippen MR) is 59.3 cm³/mol. The van der Waals surface area contributed by atoms with Crippen LogP contribution in [0.15, 0.2) is 0 Å². The van der Waals surface area contributed by atoms with Gasteiger partial charge in [0.25, 0.3) is 0 Å². The number of alkyl halides is 2. The van der Waals surface area contributed by atoms with Gasteiger partial charge >= 0.3 is 5.97 Å². The molecule has 1 saturated heterocycles. The summed E-state index contributed by atoms with van der Waals surface area (Å²) in [6, 6.07) is -0.764. The first-order valence-electron chi connectivity index (χ1n) is 6.32. The molecule has 1 N–H and O–H groups in total. The summed E-state index contributed by atoms with van der Waals surface area (Å²) in [7, 11) is 0. The van der Waals surface area contributed by atoms with E-state index in [-0.39, 0.29) is 31.6 Å². The first-order valence-corrected chi connectivity index (χ1v) is 6.32. The van der Waals surface area contributed by atoms with Gasteiger partial charge in [-0.3, -0.25) is 4.79 Å². The number of carbonyl (C=O) groups is 2. The zero-order chi connectivity index (χ0) is 13.3. The summed E-state index contributed by atoms with van der Waals surface area (Å²) >= 11 is 0. The largest absolute Gasteiger partial charge is 0.480 e. The van der Waals surface area contributed by atoms with Crippen LogP contribution in [-0.2, 0) is 9.59 Å². The third-order valence-corrected chi connectivity index (χ3v) is 3.89. The van der Waals surface area contributed by atoms with Crippen molar-refractivity contribution in [1.29, 1.82) is 0 Å². The fraction of sp³-hybridized carbons (Fsp3) is 0.833. The molecule has 1 aliphatic heterocycles. The number of nitrogens with zero attached hydrogens (tertiary/aromatic N) is 1. The standard InChI is InChI=1S/C12H17F2NO3/c13-12(14)5-3-8(4-6-12)10(16)15-7-1-2-9(15)11(17)18/h8-9H,1-7H2,(H,17,18)/t9-/m0/s1. The van der Waals surface area contributed by atoms with E-state index in [1.807, 2.05) is 0 Å². The Morgan fingerprint density at radius 1 is 1.17 bits per heavy atom. The fourth-order valence-electron chi connectivity index (χ4n) is 2.81. The van der Waals surface area contributed by atoms with Gasteiger partial charge in [-0.15, -0.1) is 0 Å². The highest BCUT2D eigenvalue weighted by Crippen LogP contribution is 2.37. The molecule has 0 aromatic rings. The van der Waals surface area contributed by atoms with E-state index in [2.05, 4.69) is 0 Å². The minimum absolute atomic E-state index is 0.161.